The van der Waals surface area contributed by atoms with Crippen LogP contribution in [-0.2, 0) is 17.9 Å². The Morgan fingerprint density at radius 1 is 1.21 bits per heavy atom. The number of benzene rings is 2. The number of likely N-dealkylation sites (N-methyl/N-ethyl adjacent to an activating group) is 1. The Kier molecular flexibility index (Phi) is 6.32. The lowest BCUT2D eigenvalue weighted by Gasteiger charge is -2.21. The van der Waals surface area contributed by atoms with Crippen molar-refractivity contribution in [3.05, 3.63) is 69.1 Å². The molecule has 0 heterocycles. The van der Waals surface area contributed by atoms with E-state index in [9.17, 15) is 9.70 Å². The third-order valence-electron chi connectivity index (χ3n) is 3.76. The van der Waals surface area contributed by atoms with Gasteiger partial charge in [-0.1, -0.05) is 47.1 Å². The average molecular weight is 346 g/mol. The molecule has 0 aromatic heterocycles. The zero-order valence-electron chi connectivity index (χ0n) is 13.8. The Morgan fingerprint density at radius 3 is 2.67 bits per heavy atom. The number of amides is 1. The number of carbonyl (C=O) groups excluding carboxylic acids is 1. The monoisotopic (exact) mass is 345 g/mol. The molecule has 0 fully saturated rings. The van der Waals surface area contributed by atoms with E-state index in [1.165, 1.54) is 0 Å². The highest BCUT2D eigenvalue weighted by molar-refractivity contribution is 6.31. The summed E-state index contributed by atoms with van der Waals surface area (Å²) in [5.41, 5.74) is 3.65. The molecule has 2 aromatic carbocycles. The van der Waals surface area contributed by atoms with E-state index in [1.54, 1.807) is 0 Å². The number of rotatable bonds is 7. The highest BCUT2D eigenvalue weighted by Gasteiger charge is 2.11. The normalized spacial score (nSPS) is 10.3. The van der Waals surface area contributed by atoms with Crippen molar-refractivity contribution in [2.45, 2.75) is 20.0 Å². The summed E-state index contributed by atoms with van der Waals surface area (Å²) in [6.45, 7) is 2.71. The SMILES string of the molecule is Cc1c(Cl)cccc1N(C)CC(=O)NCc1cccc(CN=O)c1. The van der Waals surface area contributed by atoms with Gasteiger partial charge in [0.05, 0.1) is 6.54 Å². The van der Waals surface area contributed by atoms with Gasteiger partial charge >= 0.3 is 0 Å². The summed E-state index contributed by atoms with van der Waals surface area (Å²) in [6, 6.07) is 13.1. The summed E-state index contributed by atoms with van der Waals surface area (Å²) in [5.74, 6) is -0.0872. The average Bonchev–Trinajstić information content (AvgIpc) is 2.56. The summed E-state index contributed by atoms with van der Waals surface area (Å²) in [4.78, 5) is 24.3. The first-order valence-corrected chi connectivity index (χ1v) is 7.99. The minimum Gasteiger partial charge on any atom is -0.365 e. The largest absolute Gasteiger partial charge is 0.365 e. The summed E-state index contributed by atoms with van der Waals surface area (Å²) in [5, 5.41) is 6.44. The Hall–Kier alpha value is -2.40. The van der Waals surface area contributed by atoms with Gasteiger partial charge < -0.3 is 10.2 Å². The lowest BCUT2D eigenvalue weighted by atomic mass is 10.1. The number of nitroso groups, excluding NO2 is 1. The van der Waals surface area contributed by atoms with E-state index in [1.807, 2.05) is 61.3 Å². The predicted molar refractivity (Wildman–Crippen MR) is 97.2 cm³/mol. The van der Waals surface area contributed by atoms with Gasteiger partial charge in [0.1, 0.15) is 6.54 Å². The second kappa shape index (κ2) is 8.45. The van der Waals surface area contributed by atoms with E-state index < -0.39 is 0 Å². The Bertz CT molecular complexity index is 734. The van der Waals surface area contributed by atoms with Gasteiger partial charge in [-0.2, -0.15) is 4.91 Å². The van der Waals surface area contributed by atoms with Gasteiger partial charge in [0.25, 0.3) is 0 Å². The molecule has 0 radical (unpaired) electrons. The van der Waals surface area contributed by atoms with Gasteiger partial charge in [-0.15, -0.1) is 0 Å². The maximum Gasteiger partial charge on any atom is 0.239 e. The number of hydrogen-bond acceptors (Lipinski definition) is 4. The van der Waals surface area contributed by atoms with E-state index in [-0.39, 0.29) is 19.0 Å². The molecule has 0 aliphatic carbocycles. The van der Waals surface area contributed by atoms with E-state index in [0.29, 0.717) is 11.6 Å². The van der Waals surface area contributed by atoms with Crippen LogP contribution < -0.4 is 10.2 Å². The van der Waals surface area contributed by atoms with Crippen LogP contribution in [-0.4, -0.2) is 19.5 Å². The molecule has 0 aliphatic rings. The van der Waals surface area contributed by atoms with Gasteiger partial charge in [0.2, 0.25) is 5.91 Å². The molecule has 126 valence electrons. The number of halogens is 1. The molecule has 0 saturated heterocycles. The lowest BCUT2D eigenvalue weighted by molar-refractivity contribution is -0.119. The summed E-state index contributed by atoms with van der Waals surface area (Å²) in [6.07, 6.45) is 0. The van der Waals surface area contributed by atoms with Crippen LogP contribution in [0.25, 0.3) is 0 Å². The van der Waals surface area contributed by atoms with E-state index in [4.69, 9.17) is 11.6 Å². The molecule has 2 aromatic rings. The van der Waals surface area contributed by atoms with Crippen molar-refractivity contribution in [1.82, 2.24) is 5.32 Å². The second-order valence-corrected chi connectivity index (χ2v) is 6.03. The van der Waals surface area contributed by atoms with Crippen molar-refractivity contribution in [2.24, 2.45) is 5.18 Å². The fraction of sp³-hybridized carbons (Fsp3) is 0.278. The minimum absolute atomic E-state index is 0.0872. The standard InChI is InChI=1S/C18H20ClN3O2/c1-13-16(19)7-4-8-17(13)22(2)12-18(23)20-10-14-5-3-6-15(9-14)11-21-24/h3-9H,10-12H2,1-2H3,(H,20,23). The third-order valence-corrected chi connectivity index (χ3v) is 4.17. The molecule has 0 unspecified atom stereocenters. The van der Waals surface area contributed by atoms with Crippen LogP contribution in [0.3, 0.4) is 0 Å². The van der Waals surface area contributed by atoms with Gasteiger partial charge in [-0.3, -0.25) is 4.79 Å². The molecule has 0 saturated carbocycles. The predicted octanol–water partition coefficient (Wildman–Crippen LogP) is 3.67. The van der Waals surface area contributed by atoms with Crippen LogP contribution in [0, 0.1) is 11.8 Å². The molecule has 0 bridgehead atoms. The van der Waals surface area contributed by atoms with Gasteiger partial charge in [0, 0.05) is 24.3 Å². The van der Waals surface area contributed by atoms with Crippen molar-refractivity contribution >= 4 is 23.2 Å². The zero-order chi connectivity index (χ0) is 17.5. The Balaban J connectivity index is 1.92. The van der Waals surface area contributed by atoms with Gasteiger partial charge in [0.15, 0.2) is 0 Å². The molecule has 0 spiro atoms. The van der Waals surface area contributed by atoms with Crippen LogP contribution in [0.1, 0.15) is 16.7 Å². The Morgan fingerprint density at radius 2 is 1.92 bits per heavy atom. The molecular weight excluding hydrogens is 326 g/mol. The summed E-state index contributed by atoms with van der Waals surface area (Å²) < 4.78 is 0. The summed E-state index contributed by atoms with van der Waals surface area (Å²) >= 11 is 6.12. The number of hydrogen-bond donors (Lipinski definition) is 1. The molecule has 0 aliphatic heterocycles. The smallest absolute Gasteiger partial charge is 0.239 e. The van der Waals surface area contributed by atoms with Gasteiger partial charge in [-0.05, 0) is 35.7 Å². The molecular formula is C18H20ClN3O2. The number of nitrogens with zero attached hydrogens (tertiary/aromatic N) is 2. The second-order valence-electron chi connectivity index (χ2n) is 5.62. The minimum atomic E-state index is -0.0872. The first-order chi connectivity index (χ1) is 11.5. The van der Waals surface area contributed by atoms with E-state index >= 15 is 0 Å². The first-order valence-electron chi connectivity index (χ1n) is 7.61. The number of nitrogens with one attached hydrogen (secondary N) is 1. The molecule has 24 heavy (non-hydrogen) atoms. The zero-order valence-corrected chi connectivity index (χ0v) is 14.5. The van der Waals surface area contributed by atoms with Crippen LogP contribution in [0.2, 0.25) is 5.02 Å². The third kappa shape index (κ3) is 4.80. The Labute approximate surface area is 146 Å². The van der Waals surface area contributed by atoms with E-state index in [2.05, 4.69) is 10.5 Å². The molecule has 1 N–H and O–H groups in total. The topological polar surface area (TPSA) is 61.8 Å². The number of anilines is 1. The van der Waals surface area contributed by atoms with Crippen LogP contribution >= 0.6 is 11.6 Å². The highest BCUT2D eigenvalue weighted by Crippen LogP contribution is 2.25. The van der Waals surface area contributed by atoms with Crippen molar-refractivity contribution < 1.29 is 4.79 Å². The van der Waals surface area contributed by atoms with Crippen LogP contribution in [0.15, 0.2) is 47.6 Å². The molecule has 1 amide bonds. The molecule has 5 nitrogen and oxygen atoms in total. The van der Waals surface area contributed by atoms with Crippen molar-refractivity contribution in [3.63, 3.8) is 0 Å². The molecule has 6 heteroatoms. The lowest BCUT2D eigenvalue weighted by Crippen LogP contribution is -2.35. The maximum absolute atomic E-state index is 12.2. The van der Waals surface area contributed by atoms with Crippen LogP contribution in [0.4, 0.5) is 5.69 Å². The van der Waals surface area contributed by atoms with Crippen LogP contribution in [0.5, 0.6) is 0 Å². The fourth-order valence-electron chi connectivity index (χ4n) is 2.48. The van der Waals surface area contributed by atoms with Crippen molar-refractivity contribution in [1.29, 1.82) is 0 Å². The van der Waals surface area contributed by atoms with Crippen molar-refractivity contribution in [2.75, 3.05) is 18.5 Å². The van der Waals surface area contributed by atoms with E-state index in [0.717, 1.165) is 22.4 Å². The first kappa shape index (κ1) is 17.9. The van der Waals surface area contributed by atoms with Crippen molar-refractivity contribution in [3.8, 4) is 0 Å². The number of carbonyl (C=O) groups is 1. The molecule has 0 atom stereocenters. The molecule has 2 rings (SSSR count). The maximum atomic E-state index is 12.2. The quantitative estimate of drug-likeness (QED) is 0.779. The summed E-state index contributed by atoms with van der Waals surface area (Å²) in [7, 11) is 1.86. The van der Waals surface area contributed by atoms with Gasteiger partial charge in [-0.25, -0.2) is 0 Å². The highest BCUT2D eigenvalue weighted by atomic mass is 35.5. The fourth-order valence-corrected chi connectivity index (χ4v) is 2.65.